The highest BCUT2D eigenvalue weighted by molar-refractivity contribution is 5.53. The van der Waals surface area contributed by atoms with Gasteiger partial charge in [-0.3, -0.25) is 0 Å². The van der Waals surface area contributed by atoms with E-state index in [4.69, 9.17) is 4.42 Å². The summed E-state index contributed by atoms with van der Waals surface area (Å²) in [6, 6.07) is 5.28. The van der Waals surface area contributed by atoms with Crippen molar-refractivity contribution >= 4 is 11.7 Å². The lowest BCUT2D eigenvalue weighted by molar-refractivity contribution is -0.274. The molecule has 0 bridgehead atoms. The van der Waals surface area contributed by atoms with Gasteiger partial charge in [0.25, 0.3) is 0 Å². The molecule has 0 amide bonds. The summed E-state index contributed by atoms with van der Waals surface area (Å²) in [5, 5.41) is 9.68. The van der Waals surface area contributed by atoms with Gasteiger partial charge < -0.3 is 14.5 Å². The molecule has 0 aliphatic heterocycles. The van der Waals surface area contributed by atoms with Crippen LogP contribution in [-0.2, 0) is 0 Å². The fourth-order valence-corrected chi connectivity index (χ4v) is 1.09. The Labute approximate surface area is 93.2 Å². The van der Waals surface area contributed by atoms with Crippen LogP contribution in [0.3, 0.4) is 0 Å². The minimum absolute atomic E-state index is 0.148. The predicted octanol–water partition coefficient (Wildman–Crippen LogP) is 2.71. The highest BCUT2D eigenvalue weighted by Crippen LogP contribution is 2.24. The first-order valence-electron chi connectivity index (χ1n) is 4.42. The van der Waals surface area contributed by atoms with E-state index in [0.717, 1.165) is 6.39 Å². The van der Waals surface area contributed by atoms with Crippen LogP contribution >= 0.6 is 0 Å². The number of alkyl halides is 3. The molecule has 90 valence electrons. The van der Waals surface area contributed by atoms with Crippen LogP contribution in [0.4, 0.5) is 24.9 Å². The molecular formula is C9H6F3N3O2. The van der Waals surface area contributed by atoms with E-state index in [1.54, 1.807) is 0 Å². The molecule has 0 fully saturated rings. The molecule has 0 spiro atoms. The van der Waals surface area contributed by atoms with Crippen molar-refractivity contribution < 1.29 is 22.3 Å². The summed E-state index contributed by atoms with van der Waals surface area (Å²) in [6.45, 7) is 0. The van der Waals surface area contributed by atoms with Crippen molar-refractivity contribution in [1.29, 1.82) is 0 Å². The number of aromatic nitrogens is 2. The van der Waals surface area contributed by atoms with Crippen LogP contribution in [-0.4, -0.2) is 16.6 Å². The Bertz CT molecular complexity index is 467. The Morgan fingerprint density at radius 1 is 1.18 bits per heavy atom. The van der Waals surface area contributed by atoms with E-state index in [2.05, 4.69) is 20.3 Å². The molecule has 17 heavy (non-hydrogen) atoms. The first-order valence-corrected chi connectivity index (χ1v) is 4.42. The van der Waals surface area contributed by atoms with Gasteiger partial charge in [-0.25, -0.2) is 0 Å². The third-order valence-electron chi connectivity index (χ3n) is 1.70. The van der Waals surface area contributed by atoms with E-state index >= 15 is 0 Å². The molecule has 2 aromatic rings. The van der Waals surface area contributed by atoms with Gasteiger partial charge in [-0.2, -0.15) is 0 Å². The molecule has 0 atom stereocenters. The van der Waals surface area contributed by atoms with Crippen molar-refractivity contribution in [2.75, 3.05) is 5.32 Å². The van der Waals surface area contributed by atoms with Gasteiger partial charge >= 0.3 is 12.4 Å². The van der Waals surface area contributed by atoms with Crippen LogP contribution in [0.2, 0.25) is 0 Å². The zero-order valence-electron chi connectivity index (χ0n) is 8.23. The van der Waals surface area contributed by atoms with E-state index < -0.39 is 6.36 Å². The lowest BCUT2D eigenvalue weighted by Crippen LogP contribution is -2.16. The van der Waals surface area contributed by atoms with Crippen molar-refractivity contribution in [3.8, 4) is 5.75 Å². The molecule has 0 aliphatic carbocycles. The summed E-state index contributed by atoms with van der Waals surface area (Å²) in [5.74, 6) is -0.298. The van der Waals surface area contributed by atoms with E-state index in [0.29, 0.717) is 5.69 Å². The van der Waals surface area contributed by atoms with Crippen LogP contribution in [0.25, 0.3) is 0 Å². The molecular weight excluding hydrogens is 239 g/mol. The van der Waals surface area contributed by atoms with Gasteiger partial charge in [0.2, 0.25) is 6.39 Å². The van der Waals surface area contributed by atoms with E-state index in [9.17, 15) is 13.2 Å². The van der Waals surface area contributed by atoms with Crippen LogP contribution in [0, 0.1) is 0 Å². The third kappa shape index (κ3) is 3.37. The molecule has 1 heterocycles. The van der Waals surface area contributed by atoms with Crippen molar-refractivity contribution in [2.45, 2.75) is 6.36 Å². The molecule has 1 aromatic heterocycles. The molecule has 1 aromatic carbocycles. The van der Waals surface area contributed by atoms with Crippen molar-refractivity contribution in [1.82, 2.24) is 10.2 Å². The standard InChI is InChI=1S/C9H6F3N3O2/c10-9(11,12)17-7-3-1-6(2-4-7)14-8-15-13-5-16-8/h1-5H,(H,14,15). The Kier molecular flexibility index (Phi) is 2.86. The normalized spacial score (nSPS) is 11.2. The minimum atomic E-state index is -4.69. The van der Waals surface area contributed by atoms with Gasteiger partial charge in [-0.15, -0.1) is 18.3 Å². The summed E-state index contributed by atoms with van der Waals surface area (Å²) in [7, 11) is 0. The van der Waals surface area contributed by atoms with Gasteiger partial charge in [0.15, 0.2) is 0 Å². The summed E-state index contributed by atoms with van der Waals surface area (Å²) in [4.78, 5) is 0. The monoisotopic (exact) mass is 245 g/mol. The van der Waals surface area contributed by atoms with Crippen LogP contribution in [0.15, 0.2) is 35.1 Å². The van der Waals surface area contributed by atoms with Crippen molar-refractivity contribution in [3.05, 3.63) is 30.7 Å². The molecule has 8 heteroatoms. The van der Waals surface area contributed by atoms with E-state index in [1.165, 1.54) is 24.3 Å². The largest absolute Gasteiger partial charge is 0.573 e. The maximum absolute atomic E-state index is 11.9. The van der Waals surface area contributed by atoms with Gasteiger partial charge in [0.1, 0.15) is 5.75 Å². The number of ether oxygens (including phenoxy) is 1. The van der Waals surface area contributed by atoms with Gasteiger partial charge in [-0.1, -0.05) is 5.10 Å². The smallest absolute Gasteiger partial charge is 0.411 e. The average molecular weight is 245 g/mol. The lowest BCUT2D eigenvalue weighted by atomic mass is 10.3. The number of anilines is 2. The molecule has 1 N–H and O–H groups in total. The minimum Gasteiger partial charge on any atom is -0.411 e. The Balaban J connectivity index is 2.03. The maximum Gasteiger partial charge on any atom is 0.573 e. The molecule has 5 nitrogen and oxygen atoms in total. The third-order valence-corrected chi connectivity index (χ3v) is 1.70. The predicted molar refractivity (Wildman–Crippen MR) is 50.7 cm³/mol. The number of nitrogens with zero attached hydrogens (tertiary/aromatic N) is 2. The highest BCUT2D eigenvalue weighted by Gasteiger charge is 2.30. The lowest BCUT2D eigenvalue weighted by Gasteiger charge is -2.09. The SMILES string of the molecule is FC(F)(F)Oc1ccc(Nc2nnco2)cc1. The van der Waals surface area contributed by atoms with Crippen LogP contribution < -0.4 is 10.1 Å². The molecule has 0 aliphatic rings. The van der Waals surface area contributed by atoms with E-state index in [1.807, 2.05) is 0 Å². The second-order valence-electron chi connectivity index (χ2n) is 2.94. The van der Waals surface area contributed by atoms with Gasteiger partial charge in [-0.05, 0) is 24.3 Å². The quantitative estimate of drug-likeness (QED) is 0.900. The Morgan fingerprint density at radius 2 is 1.88 bits per heavy atom. The van der Waals surface area contributed by atoms with Crippen molar-refractivity contribution in [2.24, 2.45) is 0 Å². The zero-order valence-corrected chi connectivity index (χ0v) is 8.23. The number of benzene rings is 1. The summed E-state index contributed by atoms with van der Waals surface area (Å²) < 4.78 is 44.1. The maximum atomic E-state index is 11.9. The molecule has 0 saturated heterocycles. The Morgan fingerprint density at radius 3 is 2.41 bits per heavy atom. The highest BCUT2D eigenvalue weighted by atomic mass is 19.4. The van der Waals surface area contributed by atoms with Crippen molar-refractivity contribution in [3.63, 3.8) is 0 Å². The number of rotatable bonds is 3. The van der Waals surface area contributed by atoms with Crippen LogP contribution in [0.1, 0.15) is 0 Å². The Hall–Kier alpha value is -2.25. The molecule has 0 unspecified atom stereocenters. The topological polar surface area (TPSA) is 60.2 Å². The fraction of sp³-hybridized carbons (Fsp3) is 0.111. The average Bonchev–Trinajstić information content (AvgIpc) is 2.71. The molecule has 0 radical (unpaired) electrons. The first kappa shape index (κ1) is 11.2. The fourth-order valence-electron chi connectivity index (χ4n) is 1.09. The summed E-state index contributed by atoms with van der Waals surface area (Å²) in [5.41, 5.74) is 0.503. The number of halogens is 3. The molecule has 0 saturated carbocycles. The second kappa shape index (κ2) is 4.32. The van der Waals surface area contributed by atoms with Crippen LogP contribution in [0.5, 0.6) is 5.75 Å². The van der Waals surface area contributed by atoms with Gasteiger partial charge in [0.05, 0.1) is 0 Å². The zero-order chi connectivity index (χ0) is 12.3. The first-order chi connectivity index (χ1) is 8.03. The van der Waals surface area contributed by atoms with Gasteiger partial charge in [0, 0.05) is 5.69 Å². The number of hydrogen-bond acceptors (Lipinski definition) is 5. The molecule has 2 rings (SSSR count). The number of nitrogens with one attached hydrogen (secondary N) is 1. The number of hydrogen-bond donors (Lipinski definition) is 1. The summed E-state index contributed by atoms with van der Waals surface area (Å²) >= 11 is 0. The second-order valence-corrected chi connectivity index (χ2v) is 2.94. The van der Waals surface area contributed by atoms with E-state index in [-0.39, 0.29) is 11.8 Å². The summed E-state index contributed by atoms with van der Waals surface area (Å²) in [6.07, 6.45) is -3.56.